The van der Waals surface area contributed by atoms with Crippen molar-refractivity contribution in [3.63, 3.8) is 0 Å². The van der Waals surface area contributed by atoms with Crippen molar-refractivity contribution in [3.05, 3.63) is 0 Å². The molecule has 0 aromatic heterocycles. The molecule has 0 aliphatic carbocycles. The molecule has 0 rings (SSSR count). The molecule has 0 amide bonds. The third-order valence-electron chi connectivity index (χ3n) is 2.67. The molecule has 0 heterocycles. The summed E-state index contributed by atoms with van der Waals surface area (Å²) >= 11 is 0. The molecular weight excluding hydrogens is 236 g/mol. The van der Waals surface area contributed by atoms with Crippen LogP contribution in [0.15, 0.2) is 0 Å². The number of nitrogens with two attached hydrogens (primary N) is 1. The van der Waals surface area contributed by atoms with Crippen molar-refractivity contribution < 1.29 is 8.42 Å². The second-order valence-electron chi connectivity index (χ2n) is 5.16. The first-order chi connectivity index (χ1) is 7.87. The van der Waals surface area contributed by atoms with Gasteiger partial charge in [0.15, 0.2) is 0 Å². The van der Waals surface area contributed by atoms with Crippen LogP contribution in [0.3, 0.4) is 0 Å². The first-order valence-electron chi connectivity index (χ1n) is 6.57. The van der Waals surface area contributed by atoms with Crippen molar-refractivity contribution in [2.24, 2.45) is 11.7 Å². The zero-order valence-corrected chi connectivity index (χ0v) is 12.2. The van der Waals surface area contributed by atoms with E-state index in [-0.39, 0.29) is 11.8 Å². The molecular formula is C12H28N2O2S. The van der Waals surface area contributed by atoms with Gasteiger partial charge in [0, 0.05) is 6.04 Å². The summed E-state index contributed by atoms with van der Waals surface area (Å²) in [5.41, 5.74) is 5.34. The van der Waals surface area contributed by atoms with Gasteiger partial charge in [0.05, 0.1) is 5.75 Å². The van der Waals surface area contributed by atoms with Crippen molar-refractivity contribution in [2.45, 2.75) is 58.9 Å². The Bertz CT molecular complexity index is 276. The van der Waals surface area contributed by atoms with Crippen molar-refractivity contribution in [1.82, 2.24) is 4.72 Å². The zero-order valence-electron chi connectivity index (χ0n) is 11.4. The average Bonchev–Trinajstić information content (AvgIpc) is 2.16. The molecule has 0 spiro atoms. The Morgan fingerprint density at radius 2 is 1.71 bits per heavy atom. The predicted molar refractivity (Wildman–Crippen MR) is 73.4 cm³/mol. The van der Waals surface area contributed by atoms with E-state index in [1.54, 1.807) is 0 Å². The van der Waals surface area contributed by atoms with Gasteiger partial charge in [0.2, 0.25) is 10.0 Å². The summed E-state index contributed by atoms with van der Waals surface area (Å²) in [7, 11) is -3.11. The van der Waals surface area contributed by atoms with Crippen LogP contribution in [-0.2, 0) is 10.0 Å². The van der Waals surface area contributed by atoms with Crippen LogP contribution < -0.4 is 10.5 Å². The maximum Gasteiger partial charge on any atom is 0.211 e. The van der Waals surface area contributed by atoms with E-state index in [2.05, 4.69) is 18.6 Å². The average molecular weight is 264 g/mol. The third kappa shape index (κ3) is 10.7. The zero-order chi connectivity index (χ0) is 13.3. The summed E-state index contributed by atoms with van der Waals surface area (Å²) in [6.07, 6.45) is 4.55. The van der Waals surface area contributed by atoms with Crippen LogP contribution in [-0.4, -0.2) is 26.8 Å². The Labute approximate surface area is 106 Å². The minimum absolute atomic E-state index is 0.0385. The van der Waals surface area contributed by atoms with E-state index in [9.17, 15) is 8.42 Å². The van der Waals surface area contributed by atoms with Gasteiger partial charge in [0.25, 0.3) is 0 Å². The van der Waals surface area contributed by atoms with Gasteiger partial charge in [-0.15, -0.1) is 0 Å². The topological polar surface area (TPSA) is 72.2 Å². The number of unbranched alkanes of at least 4 members (excludes halogenated alkanes) is 1. The summed E-state index contributed by atoms with van der Waals surface area (Å²) in [5.74, 6) is 0.877. The molecule has 17 heavy (non-hydrogen) atoms. The Kier molecular flexibility index (Phi) is 8.82. The fourth-order valence-corrected chi connectivity index (χ4v) is 3.13. The molecule has 0 aromatic carbocycles. The Hall–Kier alpha value is -0.130. The predicted octanol–water partition coefficient (Wildman–Crippen LogP) is 1.86. The number of nitrogens with one attached hydrogen (secondary N) is 1. The quantitative estimate of drug-likeness (QED) is 0.592. The summed E-state index contributed by atoms with van der Waals surface area (Å²) in [5, 5.41) is 0. The summed E-state index contributed by atoms with van der Waals surface area (Å²) < 4.78 is 26.0. The van der Waals surface area contributed by atoms with Gasteiger partial charge in [-0.1, -0.05) is 26.7 Å². The highest BCUT2D eigenvalue weighted by atomic mass is 32.2. The molecule has 3 N–H and O–H groups in total. The largest absolute Gasteiger partial charge is 0.330 e. The normalized spacial score (nSPS) is 14.2. The van der Waals surface area contributed by atoms with Crippen LogP contribution in [0, 0.1) is 5.92 Å². The molecule has 0 fully saturated rings. The molecule has 0 aliphatic rings. The molecule has 0 radical (unpaired) electrons. The van der Waals surface area contributed by atoms with Crippen LogP contribution in [0.4, 0.5) is 0 Å². The van der Waals surface area contributed by atoms with Gasteiger partial charge in [-0.3, -0.25) is 0 Å². The molecule has 5 heteroatoms. The second-order valence-corrected chi connectivity index (χ2v) is 7.03. The van der Waals surface area contributed by atoms with E-state index < -0.39 is 10.0 Å². The molecule has 0 aliphatic heterocycles. The number of sulfonamides is 1. The Morgan fingerprint density at radius 3 is 2.24 bits per heavy atom. The summed E-state index contributed by atoms with van der Waals surface area (Å²) in [4.78, 5) is 0. The van der Waals surface area contributed by atoms with E-state index in [0.717, 1.165) is 25.7 Å². The van der Waals surface area contributed by atoms with Crippen molar-refractivity contribution >= 4 is 10.0 Å². The first kappa shape index (κ1) is 16.9. The van der Waals surface area contributed by atoms with Gasteiger partial charge in [0.1, 0.15) is 0 Å². The summed E-state index contributed by atoms with van der Waals surface area (Å²) in [6.45, 7) is 6.85. The molecule has 0 saturated carbocycles. The highest BCUT2D eigenvalue weighted by Crippen LogP contribution is 2.09. The van der Waals surface area contributed by atoms with E-state index in [1.807, 2.05) is 6.92 Å². The molecule has 0 aromatic rings. The van der Waals surface area contributed by atoms with Crippen molar-refractivity contribution in [1.29, 1.82) is 0 Å². The van der Waals surface area contributed by atoms with Crippen LogP contribution in [0.25, 0.3) is 0 Å². The lowest BCUT2D eigenvalue weighted by Gasteiger charge is -2.14. The number of hydrogen-bond acceptors (Lipinski definition) is 3. The van der Waals surface area contributed by atoms with Gasteiger partial charge in [-0.05, 0) is 38.6 Å². The standard InChI is InChI=1S/C12H28N2O2S/c1-11(2)7-6-8-12(3)14-17(15,16)10-5-4-9-13/h11-12,14H,4-10,13H2,1-3H3. The number of rotatable bonds is 10. The minimum Gasteiger partial charge on any atom is -0.330 e. The van der Waals surface area contributed by atoms with Gasteiger partial charge < -0.3 is 5.73 Å². The fraction of sp³-hybridized carbons (Fsp3) is 1.00. The number of hydrogen-bond donors (Lipinski definition) is 2. The molecule has 4 nitrogen and oxygen atoms in total. The van der Waals surface area contributed by atoms with Crippen molar-refractivity contribution in [2.75, 3.05) is 12.3 Å². The lowest BCUT2D eigenvalue weighted by molar-refractivity contribution is 0.488. The second kappa shape index (κ2) is 8.89. The van der Waals surface area contributed by atoms with E-state index >= 15 is 0 Å². The SMILES string of the molecule is CC(C)CCCC(C)NS(=O)(=O)CCCCN. The molecule has 0 saturated heterocycles. The third-order valence-corrected chi connectivity index (χ3v) is 4.25. The lowest BCUT2D eigenvalue weighted by atomic mass is 10.0. The molecule has 104 valence electrons. The Morgan fingerprint density at radius 1 is 1.06 bits per heavy atom. The van der Waals surface area contributed by atoms with Crippen LogP contribution in [0.1, 0.15) is 52.9 Å². The minimum atomic E-state index is -3.11. The van der Waals surface area contributed by atoms with Crippen LogP contribution >= 0.6 is 0 Å². The molecule has 1 unspecified atom stereocenters. The lowest BCUT2D eigenvalue weighted by Crippen LogP contribution is -2.34. The summed E-state index contributed by atoms with van der Waals surface area (Å²) in [6, 6.07) is 0.0385. The smallest absolute Gasteiger partial charge is 0.211 e. The van der Waals surface area contributed by atoms with E-state index in [0.29, 0.717) is 18.9 Å². The Balaban J connectivity index is 3.80. The van der Waals surface area contributed by atoms with E-state index in [4.69, 9.17) is 5.73 Å². The van der Waals surface area contributed by atoms with Crippen LogP contribution in [0.2, 0.25) is 0 Å². The maximum absolute atomic E-state index is 11.7. The maximum atomic E-state index is 11.7. The van der Waals surface area contributed by atoms with Gasteiger partial charge in [-0.25, -0.2) is 13.1 Å². The first-order valence-corrected chi connectivity index (χ1v) is 8.22. The monoisotopic (exact) mass is 264 g/mol. The van der Waals surface area contributed by atoms with E-state index in [1.165, 1.54) is 0 Å². The van der Waals surface area contributed by atoms with Gasteiger partial charge >= 0.3 is 0 Å². The molecule has 1 atom stereocenters. The van der Waals surface area contributed by atoms with Crippen molar-refractivity contribution in [3.8, 4) is 0 Å². The van der Waals surface area contributed by atoms with Gasteiger partial charge in [-0.2, -0.15) is 0 Å². The van der Waals surface area contributed by atoms with Crippen LogP contribution in [0.5, 0.6) is 0 Å². The fourth-order valence-electron chi connectivity index (χ4n) is 1.69. The highest BCUT2D eigenvalue weighted by Gasteiger charge is 2.13. The highest BCUT2D eigenvalue weighted by molar-refractivity contribution is 7.89. The molecule has 0 bridgehead atoms.